The first-order chi connectivity index (χ1) is 6.20. The largest absolute Gasteiger partial charge is 0.391 e. The lowest BCUT2D eigenvalue weighted by molar-refractivity contribution is 0.0904. The summed E-state index contributed by atoms with van der Waals surface area (Å²) in [4.78, 5) is 0. The van der Waals surface area contributed by atoms with Crippen molar-refractivity contribution in [1.82, 2.24) is 5.32 Å². The predicted molar refractivity (Wildman–Crippen MR) is 52.6 cm³/mol. The van der Waals surface area contributed by atoms with E-state index in [4.69, 9.17) is 4.74 Å². The van der Waals surface area contributed by atoms with Gasteiger partial charge in [0.1, 0.15) is 0 Å². The molecule has 0 saturated carbocycles. The van der Waals surface area contributed by atoms with Crippen LogP contribution in [0.1, 0.15) is 20.3 Å². The number of nitrogens with one attached hydrogen (secondary N) is 1. The summed E-state index contributed by atoms with van der Waals surface area (Å²) in [6.45, 7) is 7.55. The Morgan fingerprint density at radius 2 is 2.23 bits per heavy atom. The SMILES string of the molecule is CC(C)CNCC(O)C1CCOC1. The molecule has 2 unspecified atom stereocenters. The first-order valence-corrected chi connectivity index (χ1v) is 5.16. The summed E-state index contributed by atoms with van der Waals surface area (Å²) in [5, 5.41) is 13.0. The van der Waals surface area contributed by atoms with Crippen molar-refractivity contribution in [1.29, 1.82) is 0 Å². The average Bonchev–Trinajstić information content (AvgIpc) is 2.55. The summed E-state index contributed by atoms with van der Waals surface area (Å²) in [6, 6.07) is 0. The molecule has 1 rings (SSSR count). The lowest BCUT2D eigenvalue weighted by Gasteiger charge is -2.17. The van der Waals surface area contributed by atoms with Crippen LogP contribution in [-0.4, -0.2) is 37.5 Å². The minimum absolute atomic E-state index is 0.235. The Hall–Kier alpha value is -0.120. The van der Waals surface area contributed by atoms with Gasteiger partial charge in [-0.15, -0.1) is 0 Å². The fourth-order valence-corrected chi connectivity index (χ4v) is 1.54. The summed E-state index contributed by atoms with van der Waals surface area (Å²) in [6.07, 6.45) is 0.770. The highest BCUT2D eigenvalue weighted by Gasteiger charge is 2.23. The van der Waals surface area contributed by atoms with Gasteiger partial charge in [-0.1, -0.05) is 13.8 Å². The first-order valence-electron chi connectivity index (χ1n) is 5.16. The molecule has 0 radical (unpaired) electrons. The minimum atomic E-state index is -0.235. The van der Waals surface area contributed by atoms with Crippen molar-refractivity contribution in [3.05, 3.63) is 0 Å². The second-order valence-electron chi connectivity index (χ2n) is 4.24. The van der Waals surface area contributed by atoms with Crippen LogP contribution in [0, 0.1) is 11.8 Å². The molecule has 2 atom stereocenters. The zero-order valence-electron chi connectivity index (χ0n) is 8.62. The number of rotatable bonds is 5. The molecule has 1 aliphatic rings. The van der Waals surface area contributed by atoms with Crippen LogP contribution in [0.3, 0.4) is 0 Å². The van der Waals surface area contributed by atoms with E-state index in [-0.39, 0.29) is 6.10 Å². The van der Waals surface area contributed by atoms with E-state index in [0.29, 0.717) is 18.4 Å². The van der Waals surface area contributed by atoms with Crippen LogP contribution in [0.25, 0.3) is 0 Å². The van der Waals surface area contributed by atoms with Crippen LogP contribution in [0.5, 0.6) is 0 Å². The molecule has 0 aromatic carbocycles. The topological polar surface area (TPSA) is 41.5 Å². The van der Waals surface area contributed by atoms with Gasteiger partial charge in [-0.25, -0.2) is 0 Å². The third kappa shape index (κ3) is 4.07. The molecule has 1 heterocycles. The second-order valence-corrected chi connectivity index (χ2v) is 4.24. The summed E-state index contributed by atoms with van der Waals surface area (Å²) >= 11 is 0. The lowest BCUT2D eigenvalue weighted by Crippen LogP contribution is -2.34. The van der Waals surface area contributed by atoms with Crippen molar-refractivity contribution in [3.63, 3.8) is 0 Å². The molecule has 1 fully saturated rings. The van der Waals surface area contributed by atoms with E-state index >= 15 is 0 Å². The van der Waals surface area contributed by atoms with Gasteiger partial charge in [0, 0.05) is 19.1 Å². The van der Waals surface area contributed by atoms with E-state index in [0.717, 1.165) is 26.2 Å². The van der Waals surface area contributed by atoms with Crippen molar-refractivity contribution >= 4 is 0 Å². The van der Waals surface area contributed by atoms with Crippen molar-refractivity contribution in [2.45, 2.75) is 26.4 Å². The van der Waals surface area contributed by atoms with Gasteiger partial charge in [0.25, 0.3) is 0 Å². The summed E-state index contributed by atoms with van der Waals surface area (Å²) in [5.74, 6) is 0.992. The van der Waals surface area contributed by atoms with Crippen LogP contribution < -0.4 is 5.32 Å². The third-order valence-electron chi connectivity index (χ3n) is 2.42. The molecule has 0 bridgehead atoms. The molecule has 3 nitrogen and oxygen atoms in total. The van der Waals surface area contributed by atoms with Crippen LogP contribution in [0.15, 0.2) is 0 Å². The van der Waals surface area contributed by atoms with E-state index in [9.17, 15) is 5.11 Å². The molecular formula is C10H21NO2. The predicted octanol–water partition coefficient (Wildman–Crippen LogP) is 0.629. The molecule has 0 spiro atoms. The van der Waals surface area contributed by atoms with Crippen molar-refractivity contribution in [3.8, 4) is 0 Å². The van der Waals surface area contributed by atoms with Gasteiger partial charge in [-0.3, -0.25) is 0 Å². The molecule has 0 amide bonds. The molecule has 78 valence electrons. The Labute approximate surface area is 80.5 Å². The highest BCUT2D eigenvalue weighted by Crippen LogP contribution is 2.15. The zero-order valence-corrected chi connectivity index (χ0v) is 8.62. The number of aliphatic hydroxyl groups is 1. The summed E-state index contributed by atoms with van der Waals surface area (Å²) in [7, 11) is 0. The van der Waals surface area contributed by atoms with Gasteiger partial charge in [-0.2, -0.15) is 0 Å². The summed E-state index contributed by atoms with van der Waals surface area (Å²) in [5.41, 5.74) is 0. The van der Waals surface area contributed by atoms with Gasteiger partial charge >= 0.3 is 0 Å². The number of hydrogen-bond donors (Lipinski definition) is 2. The monoisotopic (exact) mass is 187 g/mol. The highest BCUT2D eigenvalue weighted by molar-refractivity contribution is 4.74. The second kappa shape index (κ2) is 5.58. The van der Waals surface area contributed by atoms with Gasteiger partial charge in [0.15, 0.2) is 0 Å². The molecular weight excluding hydrogens is 166 g/mol. The Morgan fingerprint density at radius 3 is 2.77 bits per heavy atom. The van der Waals surface area contributed by atoms with Gasteiger partial charge in [0.05, 0.1) is 12.7 Å². The van der Waals surface area contributed by atoms with Crippen molar-refractivity contribution < 1.29 is 9.84 Å². The van der Waals surface area contributed by atoms with Crippen LogP contribution in [0.4, 0.5) is 0 Å². The lowest BCUT2D eigenvalue weighted by atomic mass is 10.0. The maximum absolute atomic E-state index is 9.72. The van der Waals surface area contributed by atoms with E-state index < -0.39 is 0 Å². The minimum Gasteiger partial charge on any atom is -0.391 e. The molecule has 13 heavy (non-hydrogen) atoms. The highest BCUT2D eigenvalue weighted by atomic mass is 16.5. The van der Waals surface area contributed by atoms with Crippen molar-refractivity contribution in [2.24, 2.45) is 11.8 Å². The Bertz CT molecular complexity index is 133. The molecule has 0 aromatic heterocycles. The van der Waals surface area contributed by atoms with E-state index in [1.807, 2.05) is 0 Å². The molecule has 1 saturated heterocycles. The summed E-state index contributed by atoms with van der Waals surface area (Å²) < 4.78 is 5.22. The van der Waals surface area contributed by atoms with Crippen LogP contribution >= 0.6 is 0 Å². The Morgan fingerprint density at radius 1 is 1.46 bits per heavy atom. The normalized spacial score (nSPS) is 25.4. The van der Waals surface area contributed by atoms with Crippen molar-refractivity contribution in [2.75, 3.05) is 26.3 Å². The maximum atomic E-state index is 9.72. The van der Waals surface area contributed by atoms with E-state index in [2.05, 4.69) is 19.2 Å². The Balaban J connectivity index is 2.06. The first kappa shape index (κ1) is 11.0. The third-order valence-corrected chi connectivity index (χ3v) is 2.42. The fourth-order valence-electron chi connectivity index (χ4n) is 1.54. The van der Waals surface area contributed by atoms with Gasteiger partial charge in [-0.05, 0) is 18.9 Å². The Kier molecular flexibility index (Phi) is 4.70. The number of aliphatic hydroxyl groups excluding tert-OH is 1. The van der Waals surface area contributed by atoms with E-state index in [1.54, 1.807) is 0 Å². The molecule has 3 heteroatoms. The van der Waals surface area contributed by atoms with Gasteiger partial charge < -0.3 is 15.2 Å². The van der Waals surface area contributed by atoms with Crippen LogP contribution in [-0.2, 0) is 4.74 Å². The molecule has 1 aliphatic heterocycles. The molecule has 0 aromatic rings. The van der Waals surface area contributed by atoms with E-state index in [1.165, 1.54) is 0 Å². The molecule has 0 aliphatic carbocycles. The maximum Gasteiger partial charge on any atom is 0.0715 e. The molecule has 2 N–H and O–H groups in total. The zero-order chi connectivity index (χ0) is 9.68. The quantitative estimate of drug-likeness (QED) is 0.663. The number of hydrogen-bond acceptors (Lipinski definition) is 3. The van der Waals surface area contributed by atoms with Gasteiger partial charge in [0.2, 0.25) is 0 Å². The van der Waals surface area contributed by atoms with Crippen LogP contribution in [0.2, 0.25) is 0 Å². The number of ether oxygens (including phenoxy) is 1. The standard InChI is InChI=1S/C10H21NO2/c1-8(2)5-11-6-10(12)9-3-4-13-7-9/h8-12H,3-7H2,1-2H3. The fraction of sp³-hybridized carbons (Fsp3) is 1.00. The average molecular weight is 187 g/mol. The smallest absolute Gasteiger partial charge is 0.0715 e.